The predicted molar refractivity (Wildman–Crippen MR) is 98.3 cm³/mol. The SMILES string of the molecule is Cc1cc(C(=O)N2CC3(CCC(CN4CCOCC4)CO3)C2)cc(C)n1. The summed E-state index contributed by atoms with van der Waals surface area (Å²) in [6.07, 6.45) is 2.24. The average Bonchev–Trinajstić information content (AvgIpc) is 2.60. The Labute approximate surface area is 155 Å². The van der Waals surface area contributed by atoms with Crippen molar-refractivity contribution in [1.82, 2.24) is 14.8 Å². The molecule has 6 nitrogen and oxygen atoms in total. The molecular formula is C20H29N3O3. The molecule has 1 amide bonds. The molecule has 0 N–H and O–H groups in total. The van der Waals surface area contributed by atoms with Gasteiger partial charge < -0.3 is 14.4 Å². The van der Waals surface area contributed by atoms with Gasteiger partial charge >= 0.3 is 0 Å². The van der Waals surface area contributed by atoms with Gasteiger partial charge in [0.25, 0.3) is 5.91 Å². The van der Waals surface area contributed by atoms with Gasteiger partial charge in [0.05, 0.1) is 32.9 Å². The van der Waals surface area contributed by atoms with E-state index >= 15 is 0 Å². The van der Waals surface area contributed by atoms with Crippen LogP contribution in [0.1, 0.15) is 34.6 Å². The Hall–Kier alpha value is -1.50. The number of nitrogens with zero attached hydrogens (tertiary/aromatic N) is 3. The number of pyridine rings is 1. The fourth-order valence-corrected chi connectivity index (χ4v) is 4.39. The molecule has 3 saturated heterocycles. The van der Waals surface area contributed by atoms with E-state index < -0.39 is 0 Å². The van der Waals surface area contributed by atoms with Crippen LogP contribution in [0.25, 0.3) is 0 Å². The van der Waals surface area contributed by atoms with Crippen molar-refractivity contribution in [3.05, 3.63) is 29.1 Å². The summed E-state index contributed by atoms with van der Waals surface area (Å²) in [5.41, 5.74) is 2.42. The van der Waals surface area contributed by atoms with Gasteiger partial charge in [-0.25, -0.2) is 0 Å². The topological polar surface area (TPSA) is 54.9 Å². The summed E-state index contributed by atoms with van der Waals surface area (Å²) >= 11 is 0. The summed E-state index contributed by atoms with van der Waals surface area (Å²) in [4.78, 5) is 21.5. The Morgan fingerprint density at radius 2 is 1.92 bits per heavy atom. The largest absolute Gasteiger partial charge is 0.379 e. The number of aryl methyl sites for hydroxylation is 2. The Balaban J connectivity index is 1.27. The molecule has 0 radical (unpaired) electrons. The van der Waals surface area contributed by atoms with Crippen LogP contribution in [0.4, 0.5) is 0 Å². The molecule has 142 valence electrons. The monoisotopic (exact) mass is 359 g/mol. The highest BCUT2D eigenvalue weighted by atomic mass is 16.5. The predicted octanol–water partition coefficient (Wildman–Crippen LogP) is 1.65. The summed E-state index contributed by atoms with van der Waals surface area (Å²) in [6, 6.07) is 3.75. The van der Waals surface area contributed by atoms with Crippen LogP contribution in [0.5, 0.6) is 0 Å². The minimum absolute atomic E-state index is 0.100. The van der Waals surface area contributed by atoms with Crippen LogP contribution < -0.4 is 0 Å². The smallest absolute Gasteiger partial charge is 0.254 e. The van der Waals surface area contributed by atoms with Gasteiger partial charge in [-0.05, 0) is 44.7 Å². The number of rotatable bonds is 3. The van der Waals surface area contributed by atoms with E-state index in [9.17, 15) is 4.79 Å². The lowest BCUT2D eigenvalue weighted by Gasteiger charge is -2.53. The first kappa shape index (κ1) is 17.9. The van der Waals surface area contributed by atoms with Crippen LogP contribution in [-0.2, 0) is 9.47 Å². The minimum Gasteiger partial charge on any atom is -0.379 e. The second-order valence-corrected chi connectivity index (χ2v) is 8.11. The highest BCUT2D eigenvalue weighted by Gasteiger charge is 2.48. The van der Waals surface area contributed by atoms with Gasteiger partial charge in [0, 0.05) is 36.6 Å². The van der Waals surface area contributed by atoms with Crippen LogP contribution in [0.3, 0.4) is 0 Å². The highest BCUT2D eigenvalue weighted by Crippen LogP contribution is 2.37. The fraction of sp³-hybridized carbons (Fsp3) is 0.700. The minimum atomic E-state index is -0.103. The molecule has 3 aliphatic rings. The molecule has 6 heteroatoms. The van der Waals surface area contributed by atoms with Crippen molar-refractivity contribution in [2.24, 2.45) is 5.92 Å². The summed E-state index contributed by atoms with van der Waals surface area (Å²) in [7, 11) is 0. The summed E-state index contributed by atoms with van der Waals surface area (Å²) in [6.45, 7) is 11.0. The third-order valence-electron chi connectivity index (χ3n) is 5.83. The van der Waals surface area contributed by atoms with Gasteiger partial charge in [-0.2, -0.15) is 0 Å². The van der Waals surface area contributed by atoms with Crippen molar-refractivity contribution in [2.75, 3.05) is 52.5 Å². The van der Waals surface area contributed by atoms with Crippen LogP contribution in [-0.4, -0.2) is 78.8 Å². The van der Waals surface area contributed by atoms with E-state index in [1.54, 1.807) is 0 Å². The van der Waals surface area contributed by atoms with Crippen LogP contribution >= 0.6 is 0 Å². The average molecular weight is 359 g/mol. The number of amides is 1. The van der Waals surface area contributed by atoms with Crippen LogP contribution in [0.15, 0.2) is 12.1 Å². The summed E-state index contributed by atoms with van der Waals surface area (Å²) in [5, 5.41) is 0. The maximum Gasteiger partial charge on any atom is 0.254 e. The third-order valence-corrected chi connectivity index (χ3v) is 5.83. The molecule has 4 heterocycles. The molecule has 0 aromatic carbocycles. The zero-order valence-corrected chi connectivity index (χ0v) is 15.9. The Bertz CT molecular complexity index is 636. The maximum atomic E-state index is 12.7. The fourth-order valence-electron chi connectivity index (χ4n) is 4.39. The molecule has 1 aromatic heterocycles. The number of carbonyl (C=O) groups is 1. The molecule has 0 aliphatic carbocycles. The van der Waals surface area contributed by atoms with Gasteiger partial charge in [0.2, 0.25) is 0 Å². The van der Waals surface area contributed by atoms with E-state index in [0.717, 1.165) is 75.9 Å². The first-order chi connectivity index (χ1) is 12.5. The van der Waals surface area contributed by atoms with E-state index in [-0.39, 0.29) is 11.5 Å². The molecule has 1 aromatic rings. The molecular weight excluding hydrogens is 330 g/mol. The summed E-state index contributed by atoms with van der Waals surface area (Å²) in [5.74, 6) is 0.706. The number of morpholine rings is 1. The Kier molecular flexibility index (Phi) is 4.99. The van der Waals surface area contributed by atoms with E-state index in [1.165, 1.54) is 6.42 Å². The number of carbonyl (C=O) groups excluding carboxylic acids is 1. The van der Waals surface area contributed by atoms with Gasteiger partial charge in [-0.15, -0.1) is 0 Å². The molecule has 3 fully saturated rings. The van der Waals surface area contributed by atoms with Gasteiger partial charge in [0.15, 0.2) is 0 Å². The highest BCUT2D eigenvalue weighted by molar-refractivity contribution is 5.95. The van der Waals surface area contributed by atoms with Crippen molar-refractivity contribution in [2.45, 2.75) is 32.3 Å². The zero-order valence-electron chi connectivity index (χ0n) is 15.9. The molecule has 0 bridgehead atoms. The van der Waals surface area contributed by atoms with Crippen molar-refractivity contribution in [3.63, 3.8) is 0 Å². The number of ether oxygens (including phenoxy) is 2. The lowest BCUT2D eigenvalue weighted by Crippen LogP contribution is -2.66. The molecule has 0 saturated carbocycles. The zero-order chi connectivity index (χ0) is 18.1. The third kappa shape index (κ3) is 3.77. The second-order valence-electron chi connectivity index (χ2n) is 8.11. The normalized spacial score (nSPS) is 25.9. The van der Waals surface area contributed by atoms with E-state index in [0.29, 0.717) is 5.92 Å². The molecule has 1 atom stereocenters. The molecule has 26 heavy (non-hydrogen) atoms. The van der Waals surface area contributed by atoms with Gasteiger partial charge in [-0.1, -0.05) is 0 Å². The van der Waals surface area contributed by atoms with Crippen molar-refractivity contribution in [3.8, 4) is 0 Å². The number of hydrogen-bond donors (Lipinski definition) is 0. The number of aromatic nitrogens is 1. The molecule has 1 unspecified atom stereocenters. The Morgan fingerprint density at radius 1 is 1.23 bits per heavy atom. The quantitative estimate of drug-likeness (QED) is 0.821. The van der Waals surface area contributed by atoms with Crippen LogP contribution in [0, 0.1) is 19.8 Å². The van der Waals surface area contributed by atoms with Crippen LogP contribution in [0.2, 0.25) is 0 Å². The molecule has 3 aliphatic heterocycles. The summed E-state index contributed by atoms with van der Waals surface area (Å²) < 4.78 is 11.7. The molecule has 4 rings (SSSR count). The van der Waals surface area contributed by atoms with Gasteiger partial charge in [0.1, 0.15) is 5.60 Å². The van der Waals surface area contributed by atoms with E-state index in [1.807, 2.05) is 30.9 Å². The van der Waals surface area contributed by atoms with Crippen molar-refractivity contribution >= 4 is 5.91 Å². The number of likely N-dealkylation sites (tertiary alicyclic amines) is 1. The first-order valence-electron chi connectivity index (χ1n) is 9.72. The second kappa shape index (κ2) is 7.25. The number of hydrogen-bond acceptors (Lipinski definition) is 5. The van der Waals surface area contributed by atoms with Crippen molar-refractivity contribution in [1.29, 1.82) is 0 Å². The van der Waals surface area contributed by atoms with Crippen molar-refractivity contribution < 1.29 is 14.3 Å². The van der Waals surface area contributed by atoms with E-state index in [4.69, 9.17) is 9.47 Å². The Morgan fingerprint density at radius 3 is 2.54 bits per heavy atom. The lowest BCUT2D eigenvalue weighted by molar-refractivity contribution is -0.169. The lowest BCUT2D eigenvalue weighted by atomic mass is 9.82. The van der Waals surface area contributed by atoms with E-state index in [2.05, 4.69) is 9.88 Å². The standard InChI is InChI=1S/C20H29N3O3/c1-15-9-18(10-16(2)21-15)19(24)23-13-20(14-23)4-3-17(12-26-20)11-22-5-7-25-8-6-22/h9-10,17H,3-8,11-14H2,1-2H3. The maximum absolute atomic E-state index is 12.7. The van der Waals surface area contributed by atoms with Gasteiger partial charge in [-0.3, -0.25) is 14.7 Å². The molecule has 1 spiro atoms. The first-order valence-corrected chi connectivity index (χ1v) is 9.72.